The predicted octanol–water partition coefficient (Wildman–Crippen LogP) is 4.30. The van der Waals surface area contributed by atoms with Crippen molar-refractivity contribution in [2.75, 3.05) is 23.3 Å². The van der Waals surface area contributed by atoms with Crippen LogP contribution in [0.15, 0.2) is 54.7 Å². The average Bonchev–Trinajstić information content (AvgIpc) is 3.21. The predicted molar refractivity (Wildman–Crippen MR) is 131 cm³/mol. The van der Waals surface area contributed by atoms with Crippen LogP contribution in [0.2, 0.25) is 10.0 Å². The molecule has 2 aromatic carbocycles. The van der Waals surface area contributed by atoms with Crippen LogP contribution in [0.4, 0.5) is 11.5 Å². The molecule has 1 aliphatic carbocycles. The van der Waals surface area contributed by atoms with Crippen molar-refractivity contribution >= 4 is 46.6 Å². The maximum absolute atomic E-state index is 13.2. The van der Waals surface area contributed by atoms with Crippen LogP contribution < -0.4 is 16.0 Å². The minimum atomic E-state index is -1.49. The summed E-state index contributed by atoms with van der Waals surface area (Å²) in [5, 5.41) is 4.45. The molecule has 0 fully saturated rings. The second-order valence-electron chi connectivity index (χ2n) is 8.41. The van der Waals surface area contributed by atoms with Crippen LogP contribution in [0.5, 0.6) is 0 Å². The number of aryl methyl sites for hydroxylation is 1. The number of nitrogens with zero attached hydrogens (tertiary/aromatic N) is 2. The van der Waals surface area contributed by atoms with E-state index in [2.05, 4.69) is 15.2 Å². The average molecular weight is 497 g/mol. The fourth-order valence-corrected chi connectivity index (χ4v) is 4.99. The van der Waals surface area contributed by atoms with Gasteiger partial charge >= 0.3 is 5.97 Å². The van der Waals surface area contributed by atoms with Crippen molar-refractivity contribution in [2.45, 2.75) is 25.0 Å². The van der Waals surface area contributed by atoms with E-state index in [4.69, 9.17) is 33.7 Å². The van der Waals surface area contributed by atoms with Gasteiger partial charge in [0.05, 0.1) is 11.3 Å². The Balaban J connectivity index is 1.44. The van der Waals surface area contributed by atoms with E-state index in [0.29, 0.717) is 53.9 Å². The number of hydrogen-bond donors (Lipinski definition) is 2. The third-order valence-electron chi connectivity index (χ3n) is 6.35. The molecule has 1 aromatic heterocycles. The summed E-state index contributed by atoms with van der Waals surface area (Å²) < 4.78 is 5.82. The van der Waals surface area contributed by atoms with Gasteiger partial charge in [0, 0.05) is 47.9 Å². The lowest BCUT2D eigenvalue weighted by Crippen LogP contribution is -2.43. The van der Waals surface area contributed by atoms with Crippen molar-refractivity contribution in [3.05, 3.63) is 87.0 Å². The number of carbonyl (C=O) groups excluding carboxylic acids is 2. The molecule has 9 heteroatoms. The first-order valence-corrected chi connectivity index (χ1v) is 11.7. The molecule has 1 aliphatic heterocycles. The lowest BCUT2D eigenvalue weighted by Gasteiger charge is -2.32. The third kappa shape index (κ3) is 3.95. The molecule has 34 heavy (non-hydrogen) atoms. The summed E-state index contributed by atoms with van der Waals surface area (Å²) in [4.78, 5) is 32.2. The summed E-state index contributed by atoms with van der Waals surface area (Å²) in [6, 6.07) is 14.4. The Morgan fingerprint density at radius 2 is 2.00 bits per heavy atom. The van der Waals surface area contributed by atoms with E-state index < -0.39 is 17.5 Å². The van der Waals surface area contributed by atoms with Gasteiger partial charge in [0.25, 0.3) is 5.91 Å². The topological polar surface area (TPSA) is 97.6 Å². The Labute approximate surface area is 206 Å². The second kappa shape index (κ2) is 8.81. The summed E-state index contributed by atoms with van der Waals surface area (Å²) in [6.07, 6.45) is 2.36. The number of ether oxygens (including phenoxy) is 1. The maximum atomic E-state index is 13.2. The van der Waals surface area contributed by atoms with Gasteiger partial charge in [-0.05, 0) is 41.8 Å². The summed E-state index contributed by atoms with van der Waals surface area (Å²) in [6.45, 7) is 1.85. The molecule has 3 aromatic rings. The number of anilines is 2. The SMILES string of the molecule is NC(=O)C1(OC(=O)c2cnc3c(c2)N(Cc2cc(Cl)ccc2Cl)CCN3)CCc2ccccc21. The Hall–Kier alpha value is -3.29. The zero-order chi connectivity index (χ0) is 23.9. The Morgan fingerprint density at radius 1 is 1.18 bits per heavy atom. The molecule has 0 bridgehead atoms. The largest absolute Gasteiger partial charge is 0.440 e. The zero-order valence-corrected chi connectivity index (χ0v) is 19.7. The Morgan fingerprint density at radius 3 is 2.82 bits per heavy atom. The van der Waals surface area contributed by atoms with Crippen LogP contribution in [0, 0.1) is 0 Å². The van der Waals surface area contributed by atoms with E-state index in [0.717, 1.165) is 16.8 Å². The van der Waals surface area contributed by atoms with Crippen LogP contribution in [0.1, 0.15) is 33.5 Å². The zero-order valence-electron chi connectivity index (χ0n) is 18.2. The number of nitrogens with two attached hydrogens (primary N) is 1. The highest BCUT2D eigenvalue weighted by Gasteiger charge is 2.48. The maximum Gasteiger partial charge on any atom is 0.341 e. The summed E-state index contributed by atoms with van der Waals surface area (Å²) >= 11 is 12.5. The number of nitrogens with one attached hydrogen (secondary N) is 1. The highest BCUT2D eigenvalue weighted by atomic mass is 35.5. The molecule has 7 nitrogen and oxygen atoms in total. The number of halogens is 2. The lowest BCUT2D eigenvalue weighted by molar-refractivity contribution is -0.138. The van der Waals surface area contributed by atoms with Crippen molar-refractivity contribution < 1.29 is 14.3 Å². The molecule has 0 spiro atoms. The summed E-state index contributed by atoms with van der Waals surface area (Å²) in [7, 11) is 0. The van der Waals surface area contributed by atoms with E-state index in [9.17, 15) is 9.59 Å². The van der Waals surface area contributed by atoms with Gasteiger partial charge in [-0.15, -0.1) is 0 Å². The molecule has 1 atom stereocenters. The van der Waals surface area contributed by atoms with E-state index in [1.54, 1.807) is 30.3 Å². The molecule has 174 valence electrons. The number of fused-ring (bicyclic) bond motifs is 2. The number of rotatable bonds is 5. The fraction of sp³-hybridized carbons (Fsp3) is 0.240. The number of amides is 1. The Bertz CT molecular complexity index is 1300. The van der Waals surface area contributed by atoms with Crippen molar-refractivity contribution in [3.63, 3.8) is 0 Å². The highest BCUT2D eigenvalue weighted by molar-refractivity contribution is 6.33. The molecule has 1 unspecified atom stereocenters. The van der Waals surface area contributed by atoms with Crippen molar-refractivity contribution in [3.8, 4) is 0 Å². The second-order valence-corrected chi connectivity index (χ2v) is 9.26. The van der Waals surface area contributed by atoms with Gasteiger partial charge in [0.2, 0.25) is 5.60 Å². The van der Waals surface area contributed by atoms with Gasteiger partial charge in [0.15, 0.2) is 0 Å². The highest BCUT2D eigenvalue weighted by Crippen LogP contribution is 2.41. The van der Waals surface area contributed by atoms with Gasteiger partial charge in [-0.1, -0.05) is 47.5 Å². The van der Waals surface area contributed by atoms with E-state index in [1.165, 1.54) is 6.20 Å². The summed E-state index contributed by atoms with van der Waals surface area (Å²) in [5.41, 5.74) is 7.68. The molecule has 0 radical (unpaired) electrons. The lowest BCUT2D eigenvalue weighted by atomic mass is 9.94. The van der Waals surface area contributed by atoms with Crippen LogP contribution in [-0.4, -0.2) is 29.9 Å². The van der Waals surface area contributed by atoms with Crippen molar-refractivity contribution in [1.82, 2.24) is 4.98 Å². The molecule has 0 saturated carbocycles. The molecule has 0 saturated heterocycles. The molecule has 1 amide bonds. The first-order valence-electron chi connectivity index (χ1n) is 10.9. The molecule has 2 aliphatic rings. The number of benzene rings is 2. The van der Waals surface area contributed by atoms with Gasteiger partial charge in [0.1, 0.15) is 5.82 Å². The van der Waals surface area contributed by atoms with Gasteiger partial charge in [-0.25, -0.2) is 9.78 Å². The van der Waals surface area contributed by atoms with Crippen LogP contribution in [0.25, 0.3) is 0 Å². The molecule has 2 heterocycles. The normalized spacial score (nSPS) is 18.6. The van der Waals surface area contributed by atoms with Crippen molar-refractivity contribution in [2.24, 2.45) is 5.73 Å². The van der Waals surface area contributed by atoms with Gasteiger partial charge in [-0.3, -0.25) is 4.79 Å². The van der Waals surface area contributed by atoms with Gasteiger partial charge < -0.3 is 20.7 Å². The van der Waals surface area contributed by atoms with Crippen molar-refractivity contribution in [1.29, 1.82) is 0 Å². The van der Waals surface area contributed by atoms with E-state index in [-0.39, 0.29) is 5.56 Å². The number of esters is 1. The molecular weight excluding hydrogens is 475 g/mol. The number of pyridine rings is 1. The third-order valence-corrected chi connectivity index (χ3v) is 6.95. The van der Waals surface area contributed by atoms with Crippen LogP contribution >= 0.6 is 23.2 Å². The fourth-order valence-electron chi connectivity index (χ4n) is 4.61. The standard InChI is InChI=1S/C25H22Cl2N4O3/c26-18-5-6-20(27)17(11-18)14-31-10-9-29-22-21(31)12-16(13-30-22)23(32)34-25(24(28)33)8-7-15-3-1-2-4-19(15)25/h1-6,11-13H,7-10,14H2,(H2,28,33)(H,29,30). The number of hydrogen-bond acceptors (Lipinski definition) is 6. The summed E-state index contributed by atoms with van der Waals surface area (Å²) in [5.74, 6) is -0.690. The quantitative estimate of drug-likeness (QED) is 0.510. The Kier molecular flexibility index (Phi) is 5.83. The molecular formula is C25H22Cl2N4O3. The van der Waals surface area contributed by atoms with Crippen LogP contribution in [-0.2, 0) is 28.1 Å². The number of carbonyl (C=O) groups is 2. The minimum Gasteiger partial charge on any atom is -0.440 e. The number of primary amides is 1. The molecule has 5 rings (SSSR count). The van der Waals surface area contributed by atoms with E-state index in [1.807, 2.05) is 18.2 Å². The first kappa shape index (κ1) is 22.5. The van der Waals surface area contributed by atoms with E-state index >= 15 is 0 Å². The smallest absolute Gasteiger partial charge is 0.341 e. The molecule has 3 N–H and O–H groups in total. The monoisotopic (exact) mass is 496 g/mol. The van der Waals surface area contributed by atoms with Gasteiger partial charge in [-0.2, -0.15) is 0 Å². The first-order chi connectivity index (χ1) is 16.4. The minimum absolute atomic E-state index is 0.231. The van der Waals surface area contributed by atoms with Crippen LogP contribution in [0.3, 0.4) is 0 Å². The number of aromatic nitrogens is 1.